The van der Waals surface area contributed by atoms with E-state index in [0.717, 1.165) is 37.7 Å². The number of nitrogens with zero attached hydrogens (tertiary/aromatic N) is 5. The fourth-order valence-electron chi connectivity index (χ4n) is 2.95. The maximum absolute atomic E-state index is 13.0. The quantitative estimate of drug-likeness (QED) is 0.705. The summed E-state index contributed by atoms with van der Waals surface area (Å²) in [6.45, 7) is 10.8. The molecule has 0 fully saturated rings. The van der Waals surface area contributed by atoms with E-state index in [9.17, 15) is 4.79 Å². The Bertz CT molecular complexity index is 980. The Hall–Kier alpha value is -2.28. The molecule has 0 N–H and O–H groups in total. The van der Waals surface area contributed by atoms with Gasteiger partial charge in [-0.1, -0.05) is 20.8 Å². The lowest BCUT2D eigenvalue weighted by Crippen LogP contribution is -2.25. The van der Waals surface area contributed by atoms with Gasteiger partial charge >= 0.3 is 0 Å². The zero-order valence-corrected chi connectivity index (χ0v) is 17.2. The number of aromatic nitrogens is 4. The summed E-state index contributed by atoms with van der Waals surface area (Å²) in [6, 6.07) is 0. The second-order valence-electron chi connectivity index (χ2n) is 7.80. The van der Waals surface area contributed by atoms with Crippen molar-refractivity contribution < 1.29 is 4.79 Å². The van der Waals surface area contributed by atoms with E-state index >= 15 is 0 Å². The molecule has 0 aromatic carbocycles. The molecule has 7 heteroatoms. The Labute approximate surface area is 157 Å². The minimum Gasteiger partial charge on any atom is -0.337 e. The van der Waals surface area contributed by atoms with Crippen LogP contribution >= 0.6 is 11.3 Å². The lowest BCUT2D eigenvalue weighted by atomic mass is 9.95. The minimum absolute atomic E-state index is 0.00561. The van der Waals surface area contributed by atoms with Crippen LogP contribution in [0.4, 0.5) is 0 Å². The van der Waals surface area contributed by atoms with Crippen LogP contribution in [0, 0.1) is 13.8 Å². The average molecular weight is 372 g/mol. The van der Waals surface area contributed by atoms with Gasteiger partial charge in [0.15, 0.2) is 0 Å². The molecule has 0 atom stereocenters. The fourth-order valence-corrected chi connectivity index (χ4v) is 4.18. The lowest BCUT2D eigenvalue weighted by molar-refractivity contribution is 0.0789. The first-order chi connectivity index (χ1) is 12.1. The maximum atomic E-state index is 13.0. The second kappa shape index (κ2) is 6.46. The number of amides is 1. The van der Waals surface area contributed by atoms with Crippen molar-refractivity contribution in [1.82, 2.24) is 24.6 Å². The highest BCUT2D eigenvalue weighted by molar-refractivity contribution is 7.20. The van der Waals surface area contributed by atoms with Crippen molar-refractivity contribution in [2.45, 2.75) is 46.6 Å². The summed E-state index contributed by atoms with van der Waals surface area (Å²) >= 11 is 1.46. The van der Waals surface area contributed by atoms with E-state index < -0.39 is 0 Å². The number of rotatable bonds is 3. The molecule has 0 radical (unpaired) electrons. The van der Waals surface area contributed by atoms with Gasteiger partial charge in [0.2, 0.25) is 0 Å². The molecule has 0 bridgehead atoms. The number of thiophene rings is 1. The zero-order valence-electron chi connectivity index (χ0n) is 16.4. The van der Waals surface area contributed by atoms with Crippen LogP contribution in [-0.4, -0.2) is 37.6 Å². The van der Waals surface area contributed by atoms with Crippen LogP contribution in [0.1, 0.15) is 53.1 Å². The van der Waals surface area contributed by atoms with Crippen molar-refractivity contribution in [1.29, 1.82) is 0 Å². The molecule has 3 aromatic rings. The summed E-state index contributed by atoms with van der Waals surface area (Å²) in [6.07, 6.45) is 3.71. The predicted octanol–water partition coefficient (Wildman–Crippen LogP) is 3.61. The van der Waals surface area contributed by atoms with Gasteiger partial charge in [0.25, 0.3) is 5.91 Å². The SMILES string of the molecule is Cc1nc(C(C)(C)C)nc2sc(C(=O)N(C)Cc3cnn(C)c3)c(C)c12. The zero-order chi connectivity index (χ0) is 19.2. The van der Waals surface area contributed by atoms with Crippen LogP contribution in [0.2, 0.25) is 0 Å². The van der Waals surface area contributed by atoms with Gasteiger partial charge in [-0.3, -0.25) is 9.48 Å². The van der Waals surface area contributed by atoms with Crippen molar-refractivity contribution in [2.75, 3.05) is 7.05 Å². The van der Waals surface area contributed by atoms with E-state index in [1.165, 1.54) is 11.3 Å². The van der Waals surface area contributed by atoms with Crippen molar-refractivity contribution in [3.63, 3.8) is 0 Å². The van der Waals surface area contributed by atoms with Gasteiger partial charge in [0, 0.05) is 43.2 Å². The Morgan fingerprint density at radius 1 is 1.27 bits per heavy atom. The first-order valence-corrected chi connectivity index (χ1v) is 9.40. The van der Waals surface area contributed by atoms with Gasteiger partial charge in [0.05, 0.1) is 16.8 Å². The minimum atomic E-state index is -0.127. The predicted molar refractivity (Wildman–Crippen MR) is 105 cm³/mol. The molecule has 3 rings (SSSR count). The highest BCUT2D eigenvalue weighted by Crippen LogP contribution is 2.33. The number of hydrogen-bond donors (Lipinski definition) is 0. The molecule has 138 valence electrons. The Balaban J connectivity index is 1.98. The van der Waals surface area contributed by atoms with Crippen LogP contribution in [0.15, 0.2) is 12.4 Å². The van der Waals surface area contributed by atoms with Gasteiger partial charge < -0.3 is 4.90 Å². The van der Waals surface area contributed by atoms with Crippen molar-refractivity contribution in [3.05, 3.63) is 39.9 Å². The van der Waals surface area contributed by atoms with Crippen LogP contribution in [0.3, 0.4) is 0 Å². The number of fused-ring (bicyclic) bond motifs is 1. The van der Waals surface area contributed by atoms with E-state index in [1.54, 1.807) is 15.8 Å². The Morgan fingerprint density at radius 2 is 1.96 bits per heavy atom. The maximum Gasteiger partial charge on any atom is 0.264 e. The summed E-state index contributed by atoms with van der Waals surface area (Å²) in [5.74, 6) is 0.817. The number of carbonyl (C=O) groups is 1. The van der Waals surface area contributed by atoms with E-state index in [-0.39, 0.29) is 11.3 Å². The third-order valence-electron chi connectivity index (χ3n) is 4.36. The van der Waals surface area contributed by atoms with Crippen LogP contribution in [0.5, 0.6) is 0 Å². The summed E-state index contributed by atoms with van der Waals surface area (Å²) in [4.78, 5) is 25.8. The summed E-state index contributed by atoms with van der Waals surface area (Å²) in [5, 5.41) is 5.16. The van der Waals surface area contributed by atoms with E-state index in [1.807, 2.05) is 34.1 Å². The second-order valence-corrected chi connectivity index (χ2v) is 8.80. The highest BCUT2D eigenvalue weighted by atomic mass is 32.1. The molecule has 0 unspecified atom stereocenters. The van der Waals surface area contributed by atoms with E-state index in [0.29, 0.717) is 6.54 Å². The van der Waals surface area contributed by atoms with Gasteiger partial charge in [-0.2, -0.15) is 5.10 Å². The van der Waals surface area contributed by atoms with Crippen LogP contribution in [-0.2, 0) is 19.0 Å². The molecule has 3 aromatic heterocycles. The molecule has 1 amide bonds. The number of carbonyl (C=O) groups excluding carboxylic acids is 1. The number of hydrogen-bond acceptors (Lipinski definition) is 5. The van der Waals surface area contributed by atoms with Crippen molar-refractivity contribution >= 4 is 27.5 Å². The van der Waals surface area contributed by atoms with Crippen molar-refractivity contribution in [3.8, 4) is 0 Å². The molecular weight excluding hydrogens is 346 g/mol. The largest absolute Gasteiger partial charge is 0.337 e. The summed E-state index contributed by atoms with van der Waals surface area (Å²) in [7, 11) is 3.69. The van der Waals surface area contributed by atoms with Crippen LogP contribution in [0.25, 0.3) is 10.2 Å². The molecule has 0 aliphatic rings. The molecule has 3 heterocycles. The molecule has 0 saturated carbocycles. The first kappa shape index (κ1) is 18.5. The van der Waals surface area contributed by atoms with Gasteiger partial charge in [0.1, 0.15) is 10.7 Å². The molecule has 0 saturated heterocycles. The van der Waals surface area contributed by atoms with Crippen LogP contribution < -0.4 is 0 Å². The van der Waals surface area contributed by atoms with Gasteiger partial charge in [-0.15, -0.1) is 11.3 Å². The van der Waals surface area contributed by atoms with Gasteiger partial charge in [-0.05, 0) is 19.4 Å². The summed E-state index contributed by atoms with van der Waals surface area (Å²) < 4.78 is 1.74. The normalized spacial score (nSPS) is 12.0. The molecule has 26 heavy (non-hydrogen) atoms. The fraction of sp³-hybridized carbons (Fsp3) is 0.474. The molecule has 0 aliphatic heterocycles. The lowest BCUT2D eigenvalue weighted by Gasteiger charge is -2.17. The topological polar surface area (TPSA) is 63.9 Å². The highest BCUT2D eigenvalue weighted by Gasteiger charge is 2.24. The third-order valence-corrected chi connectivity index (χ3v) is 5.53. The first-order valence-electron chi connectivity index (χ1n) is 8.59. The molecule has 0 spiro atoms. The smallest absolute Gasteiger partial charge is 0.264 e. The Kier molecular flexibility index (Phi) is 4.60. The van der Waals surface area contributed by atoms with E-state index in [2.05, 4.69) is 30.9 Å². The Morgan fingerprint density at radius 3 is 2.54 bits per heavy atom. The molecule has 6 nitrogen and oxygen atoms in total. The van der Waals surface area contributed by atoms with Gasteiger partial charge in [-0.25, -0.2) is 9.97 Å². The molecular formula is C19H25N5OS. The number of aryl methyl sites for hydroxylation is 3. The van der Waals surface area contributed by atoms with Crippen molar-refractivity contribution in [2.24, 2.45) is 7.05 Å². The monoisotopic (exact) mass is 371 g/mol. The van der Waals surface area contributed by atoms with E-state index in [4.69, 9.17) is 4.98 Å². The summed E-state index contributed by atoms with van der Waals surface area (Å²) in [5.41, 5.74) is 2.78. The standard InChI is InChI=1S/C19H25N5OS/c1-11-14-12(2)21-18(19(3,4)5)22-16(14)26-15(11)17(25)23(6)9-13-8-20-24(7)10-13/h8,10H,9H2,1-7H3. The molecule has 0 aliphatic carbocycles. The average Bonchev–Trinajstić information content (AvgIpc) is 3.09. The third kappa shape index (κ3) is 3.35.